The molecule has 0 bridgehead atoms. The topological polar surface area (TPSA) is 118 Å². The second-order valence-corrected chi connectivity index (χ2v) is 9.06. The van der Waals surface area contributed by atoms with Crippen molar-refractivity contribution in [3.8, 4) is 5.69 Å². The summed E-state index contributed by atoms with van der Waals surface area (Å²) in [5.74, 6) is 0.541. The van der Waals surface area contributed by atoms with Gasteiger partial charge in [0.2, 0.25) is 11.8 Å². The summed E-state index contributed by atoms with van der Waals surface area (Å²) in [6, 6.07) is 15.7. The molecule has 0 aliphatic heterocycles. The maximum absolute atomic E-state index is 12.6. The number of nitrogens with zero attached hydrogens (tertiary/aromatic N) is 3. The van der Waals surface area contributed by atoms with Crippen LogP contribution in [-0.2, 0) is 9.59 Å². The van der Waals surface area contributed by atoms with Crippen molar-refractivity contribution in [1.82, 2.24) is 20.1 Å². The molecule has 10 heteroatoms. The molecule has 2 aromatic carbocycles. The lowest BCUT2D eigenvalue weighted by molar-refractivity contribution is -0.119. The number of aromatic nitrogens is 3. The molecule has 4 amide bonds. The van der Waals surface area contributed by atoms with E-state index in [2.05, 4.69) is 26.1 Å². The molecule has 3 N–H and O–H groups in total. The fraction of sp³-hybridized carbons (Fsp3) is 0.261. The molecule has 0 saturated heterocycles. The lowest BCUT2D eigenvalue weighted by Crippen LogP contribution is -2.38. The van der Waals surface area contributed by atoms with Crippen LogP contribution in [0.4, 0.5) is 16.2 Å². The Morgan fingerprint density at radius 1 is 1.00 bits per heavy atom. The Balaban J connectivity index is 1.49. The fourth-order valence-electron chi connectivity index (χ4n) is 3.24. The summed E-state index contributed by atoms with van der Waals surface area (Å²) in [5.41, 5.74) is 2.05. The van der Waals surface area contributed by atoms with Crippen LogP contribution >= 0.6 is 11.8 Å². The lowest BCUT2D eigenvalue weighted by Gasteiger charge is -2.14. The summed E-state index contributed by atoms with van der Waals surface area (Å²) in [6.45, 7) is 3.16. The van der Waals surface area contributed by atoms with E-state index >= 15 is 0 Å². The van der Waals surface area contributed by atoms with Crippen molar-refractivity contribution in [2.75, 3.05) is 10.6 Å². The Hall–Kier alpha value is -3.66. The van der Waals surface area contributed by atoms with Crippen LogP contribution in [0.2, 0.25) is 0 Å². The first-order chi connectivity index (χ1) is 15.9. The average molecular weight is 465 g/mol. The molecule has 1 fully saturated rings. The predicted molar refractivity (Wildman–Crippen MR) is 127 cm³/mol. The van der Waals surface area contributed by atoms with E-state index in [9.17, 15) is 14.4 Å². The summed E-state index contributed by atoms with van der Waals surface area (Å²) in [5, 5.41) is 16.4. The first kappa shape index (κ1) is 22.5. The Kier molecular flexibility index (Phi) is 6.74. The second-order valence-electron chi connectivity index (χ2n) is 7.75. The van der Waals surface area contributed by atoms with Crippen LogP contribution < -0.4 is 16.0 Å². The van der Waals surface area contributed by atoms with Gasteiger partial charge in [-0.2, -0.15) is 0 Å². The van der Waals surface area contributed by atoms with Gasteiger partial charge in [0, 0.05) is 24.2 Å². The molecule has 4 rings (SSSR count). The van der Waals surface area contributed by atoms with Gasteiger partial charge in [-0.05, 0) is 50.1 Å². The smallest absolute Gasteiger partial charge is 0.325 e. The molecule has 1 aliphatic carbocycles. The van der Waals surface area contributed by atoms with Crippen LogP contribution in [0.15, 0.2) is 59.8 Å². The normalized spacial score (nSPS) is 13.8. The Morgan fingerprint density at radius 3 is 2.42 bits per heavy atom. The van der Waals surface area contributed by atoms with Crippen LogP contribution in [-0.4, -0.2) is 37.9 Å². The summed E-state index contributed by atoms with van der Waals surface area (Å²) < 4.78 is 1.92. The third-order valence-electron chi connectivity index (χ3n) is 4.95. The van der Waals surface area contributed by atoms with Gasteiger partial charge >= 0.3 is 6.03 Å². The zero-order valence-corrected chi connectivity index (χ0v) is 19.1. The number of carbonyl (C=O) groups excluding carboxylic acids is 3. The zero-order valence-electron chi connectivity index (χ0n) is 18.2. The maximum atomic E-state index is 12.6. The molecule has 3 aromatic rings. The number of carbonyl (C=O) groups is 3. The Labute approximate surface area is 195 Å². The summed E-state index contributed by atoms with van der Waals surface area (Å²) in [6.07, 6.45) is 2.06. The van der Waals surface area contributed by atoms with E-state index in [0.29, 0.717) is 22.4 Å². The lowest BCUT2D eigenvalue weighted by atomic mass is 10.2. The highest BCUT2D eigenvalue weighted by Crippen LogP contribution is 2.41. The van der Waals surface area contributed by atoms with Crippen LogP contribution in [0, 0.1) is 0 Å². The number of hydrogen-bond acceptors (Lipinski definition) is 6. The van der Waals surface area contributed by atoms with Gasteiger partial charge < -0.3 is 10.6 Å². The van der Waals surface area contributed by atoms with Gasteiger partial charge in [-0.25, -0.2) is 4.79 Å². The van der Waals surface area contributed by atoms with Crippen molar-refractivity contribution >= 4 is 41.0 Å². The van der Waals surface area contributed by atoms with Gasteiger partial charge in [-0.15, -0.1) is 10.2 Å². The quantitative estimate of drug-likeness (QED) is 0.456. The Bertz CT molecular complexity index is 1180. The van der Waals surface area contributed by atoms with Crippen molar-refractivity contribution in [3.05, 3.63) is 60.4 Å². The van der Waals surface area contributed by atoms with Gasteiger partial charge in [0.25, 0.3) is 0 Å². The van der Waals surface area contributed by atoms with Crippen molar-refractivity contribution in [3.63, 3.8) is 0 Å². The number of nitrogens with one attached hydrogen (secondary N) is 3. The highest BCUT2D eigenvalue weighted by atomic mass is 32.2. The number of para-hydroxylation sites is 1. The maximum Gasteiger partial charge on any atom is 0.325 e. The molecule has 1 heterocycles. The van der Waals surface area contributed by atoms with Crippen molar-refractivity contribution in [2.45, 2.75) is 43.0 Å². The number of anilines is 2. The third-order valence-corrected chi connectivity index (χ3v) is 5.99. The van der Waals surface area contributed by atoms with Crippen molar-refractivity contribution in [2.24, 2.45) is 0 Å². The minimum absolute atomic E-state index is 0.160. The molecule has 1 saturated carbocycles. The number of thioether (sulfide) groups is 1. The molecule has 0 spiro atoms. The third kappa shape index (κ3) is 5.78. The van der Waals surface area contributed by atoms with Crippen LogP contribution in [0.5, 0.6) is 0 Å². The van der Waals surface area contributed by atoms with Gasteiger partial charge in [0.1, 0.15) is 5.82 Å². The molecule has 1 aromatic heterocycles. The highest BCUT2D eigenvalue weighted by Gasteiger charge is 2.32. The van der Waals surface area contributed by atoms with Crippen LogP contribution in [0.3, 0.4) is 0 Å². The molecule has 1 atom stereocenters. The van der Waals surface area contributed by atoms with Crippen molar-refractivity contribution < 1.29 is 14.4 Å². The Morgan fingerprint density at radius 2 is 1.73 bits per heavy atom. The number of rotatable bonds is 7. The van der Waals surface area contributed by atoms with E-state index in [1.54, 1.807) is 37.3 Å². The molecular weight excluding hydrogens is 440 g/mol. The number of imide groups is 1. The number of amides is 4. The second kappa shape index (κ2) is 9.86. The minimum atomic E-state index is -0.597. The van der Waals surface area contributed by atoms with Crippen molar-refractivity contribution in [1.29, 1.82) is 0 Å². The number of benzene rings is 2. The van der Waals surface area contributed by atoms with E-state index in [4.69, 9.17) is 0 Å². The van der Waals surface area contributed by atoms with Gasteiger partial charge in [-0.1, -0.05) is 36.0 Å². The summed E-state index contributed by atoms with van der Waals surface area (Å²) >= 11 is 1.22. The van der Waals surface area contributed by atoms with Crippen LogP contribution in [0.25, 0.3) is 5.69 Å². The van der Waals surface area contributed by atoms with Crippen LogP contribution in [0.1, 0.15) is 38.4 Å². The number of hydrogen-bond donors (Lipinski definition) is 3. The molecule has 170 valence electrons. The summed E-state index contributed by atoms with van der Waals surface area (Å²) in [7, 11) is 0. The van der Waals surface area contributed by atoms with E-state index in [-0.39, 0.29) is 5.91 Å². The largest absolute Gasteiger partial charge is 0.326 e. The molecule has 1 aliphatic rings. The molecular formula is C23H24N6O3S. The zero-order chi connectivity index (χ0) is 23.4. The summed E-state index contributed by atoms with van der Waals surface area (Å²) in [4.78, 5) is 36.3. The molecule has 33 heavy (non-hydrogen) atoms. The monoisotopic (exact) mass is 464 g/mol. The van der Waals surface area contributed by atoms with E-state index < -0.39 is 17.2 Å². The predicted octanol–water partition coefficient (Wildman–Crippen LogP) is 3.93. The molecule has 9 nitrogen and oxygen atoms in total. The van der Waals surface area contributed by atoms with E-state index in [0.717, 1.165) is 24.4 Å². The van der Waals surface area contributed by atoms with Gasteiger partial charge in [0.15, 0.2) is 5.16 Å². The minimum Gasteiger partial charge on any atom is -0.326 e. The SMILES string of the molecule is CC(=O)Nc1cccc(-n2c(SC(C)C(=O)NC(=O)Nc3ccccc3)nnc2C2CC2)c1. The fourth-order valence-corrected chi connectivity index (χ4v) is 4.12. The molecule has 1 unspecified atom stereocenters. The van der Waals surface area contributed by atoms with Gasteiger partial charge in [0.05, 0.1) is 10.9 Å². The van der Waals surface area contributed by atoms with E-state index in [1.165, 1.54) is 18.7 Å². The first-order valence-electron chi connectivity index (χ1n) is 10.6. The standard InChI is InChI=1S/C23H24N6O3S/c1-14(21(31)26-22(32)25-17-7-4-3-5-8-17)33-23-28-27-20(16-11-12-16)29(23)19-10-6-9-18(13-19)24-15(2)30/h3-10,13-14,16H,11-12H2,1-2H3,(H,24,30)(H2,25,26,31,32). The highest BCUT2D eigenvalue weighted by molar-refractivity contribution is 8.00. The number of urea groups is 1. The van der Waals surface area contributed by atoms with E-state index in [1.807, 2.05) is 28.8 Å². The molecule has 0 radical (unpaired) electrons. The first-order valence-corrected chi connectivity index (χ1v) is 11.5. The average Bonchev–Trinajstić information content (AvgIpc) is 3.54. The van der Waals surface area contributed by atoms with Gasteiger partial charge in [-0.3, -0.25) is 19.5 Å².